The van der Waals surface area contributed by atoms with Crippen molar-refractivity contribution < 1.29 is 9.53 Å². The molecule has 2 nitrogen and oxygen atoms in total. The van der Waals surface area contributed by atoms with Crippen LogP contribution in [0.25, 0.3) is 0 Å². The van der Waals surface area contributed by atoms with Gasteiger partial charge >= 0.3 is 5.97 Å². The van der Waals surface area contributed by atoms with E-state index in [1.165, 1.54) is 7.11 Å². The minimum Gasteiger partial charge on any atom is -0.468 e. The first kappa shape index (κ1) is 8.95. The van der Waals surface area contributed by atoms with Crippen molar-refractivity contribution >= 4 is 5.97 Å². The quantitative estimate of drug-likeness (QED) is 0.439. The van der Waals surface area contributed by atoms with Crippen LogP contribution in [0.2, 0.25) is 0 Å². The van der Waals surface area contributed by atoms with Crippen molar-refractivity contribution in [1.82, 2.24) is 0 Å². The van der Waals surface area contributed by atoms with Crippen LogP contribution in [-0.2, 0) is 9.53 Å². The predicted molar refractivity (Wildman–Crippen MR) is 40.5 cm³/mol. The molecule has 10 heavy (non-hydrogen) atoms. The maximum atomic E-state index is 10.8. The van der Waals surface area contributed by atoms with E-state index in [2.05, 4.69) is 11.3 Å². The van der Waals surface area contributed by atoms with Crippen LogP contribution >= 0.6 is 0 Å². The van der Waals surface area contributed by atoms with Gasteiger partial charge in [-0.15, -0.1) is 6.58 Å². The molecule has 1 atom stereocenters. The lowest BCUT2D eigenvalue weighted by Gasteiger charge is -2.02. The molecule has 0 radical (unpaired) electrons. The summed E-state index contributed by atoms with van der Waals surface area (Å²) in [5.74, 6) is -0.567. The van der Waals surface area contributed by atoms with Gasteiger partial charge < -0.3 is 4.74 Å². The van der Waals surface area contributed by atoms with Crippen LogP contribution in [0, 0.1) is 5.92 Å². The van der Waals surface area contributed by atoms with Crippen molar-refractivity contribution in [2.45, 2.75) is 6.92 Å². The van der Waals surface area contributed by atoms with E-state index in [4.69, 9.17) is 0 Å². The Morgan fingerprint density at radius 3 is 2.60 bits per heavy atom. The third kappa shape index (κ3) is 2.49. The molecule has 0 rings (SSSR count). The monoisotopic (exact) mass is 140 g/mol. The van der Waals surface area contributed by atoms with Crippen molar-refractivity contribution in [1.29, 1.82) is 0 Å². The summed E-state index contributed by atoms with van der Waals surface area (Å²) in [5.41, 5.74) is 0. The lowest BCUT2D eigenvalue weighted by Crippen LogP contribution is -2.10. The molecule has 0 saturated heterocycles. The van der Waals surface area contributed by atoms with E-state index in [0.717, 1.165) is 0 Å². The summed E-state index contributed by atoms with van der Waals surface area (Å²) >= 11 is 0. The molecule has 0 amide bonds. The Labute approximate surface area is 61.2 Å². The minimum absolute atomic E-state index is 0.270. The predicted octanol–water partition coefficient (Wildman–Crippen LogP) is 1.54. The van der Waals surface area contributed by atoms with Gasteiger partial charge in [0.15, 0.2) is 0 Å². The normalized spacial score (nSPS) is 13.0. The van der Waals surface area contributed by atoms with Gasteiger partial charge in [-0.2, -0.15) is 0 Å². The van der Waals surface area contributed by atoms with E-state index in [1.807, 2.05) is 6.92 Å². The highest BCUT2D eigenvalue weighted by atomic mass is 16.5. The highest BCUT2D eigenvalue weighted by molar-refractivity contribution is 5.76. The second kappa shape index (κ2) is 4.79. The van der Waals surface area contributed by atoms with Gasteiger partial charge in [-0.3, -0.25) is 4.79 Å². The molecular weight excluding hydrogens is 128 g/mol. The first-order valence-corrected chi connectivity index (χ1v) is 3.09. The first-order chi connectivity index (χ1) is 4.76. The number of hydrogen-bond acceptors (Lipinski definition) is 2. The molecule has 0 aromatic heterocycles. The summed E-state index contributed by atoms with van der Waals surface area (Å²) in [7, 11) is 1.36. The Morgan fingerprint density at radius 1 is 1.70 bits per heavy atom. The molecule has 0 saturated carbocycles. The number of ether oxygens (including phenoxy) is 1. The summed E-state index contributed by atoms with van der Waals surface area (Å²) in [6.07, 6.45) is 5.08. The Morgan fingerprint density at radius 2 is 2.30 bits per heavy atom. The molecular formula is C8H12O2. The molecule has 0 heterocycles. The zero-order chi connectivity index (χ0) is 7.98. The van der Waals surface area contributed by atoms with E-state index in [9.17, 15) is 4.79 Å². The summed E-state index contributed by atoms with van der Waals surface area (Å²) in [4.78, 5) is 10.8. The summed E-state index contributed by atoms with van der Waals surface area (Å²) in [6.45, 7) is 5.34. The fourth-order valence-electron chi connectivity index (χ4n) is 0.597. The number of esters is 1. The molecule has 0 N–H and O–H groups in total. The maximum absolute atomic E-state index is 10.8. The van der Waals surface area contributed by atoms with Crippen LogP contribution < -0.4 is 0 Å². The van der Waals surface area contributed by atoms with Gasteiger partial charge in [0, 0.05) is 0 Å². The minimum atomic E-state index is -0.296. The molecule has 1 unspecified atom stereocenters. The third-order valence-corrected chi connectivity index (χ3v) is 1.13. The average Bonchev–Trinajstić information content (AvgIpc) is 1.99. The van der Waals surface area contributed by atoms with E-state index in [-0.39, 0.29) is 11.9 Å². The van der Waals surface area contributed by atoms with Crippen LogP contribution in [0.15, 0.2) is 24.8 Å². The van der Waals surface area contributed by atoms with E-state index >= 15 is 0 Å². The van der Waals surface area contributed by atoms with Crippen molar-refractivity contribution in [2.24, 2.45) is 5.92 Å². The zero-order valence-corrected chi connectivity index (χ0v) is 6.33. The van der Waals surface area contributed by atoms with Gasteiger partial charge in [-0.25, -0.2) is 0 Å². The lowest BCUT2D eigenvalue weighted by atomic mass is 10.1. The molecule has 0 bridgehead atoms. The van der Waals surface area contributed by atoms with Gasteiger partial charge in [0.25, 0.3) is 0 Å². The summed E-state index contributed by atoms with van der Waals surface area (Å²) < 4.78 is 4.49. The number of hydrogen-bond donors (Lipinski definition) is 0. The highest BCUT2D eigenvalue weighted by Crippen LogP contribution is 2.01. The molecule has 0 aliphatic rings. The van der Waals surface area contributed by atoms with Crippen LogP contribution in [0.3, 0.4) is 0 Å². The topological polar surface area (TPSA) is 26.3 Å². The van der Waals surface area contributed by atoms with Crippen LogP contribution in [0.4, 0.5) is 0 Å². The molecule has 0 fully saturated rings. The molecule has 0 aliphatic carbocycles. The fraction of sp³-hybridized carbons (Fsp3) is 0.375. The second-order valence-corrected chi connectivity index (χ2v) is 1.81. The first-order valence-electron chi connectivity index (χ1n) is 3.09. The number of methoxy groups -OCH3 is 1. The zero-order valence-electron chi connectivity index (χ0n) is 6.33. The van der Waals surface area contributed by atoms with E-state index in [1.54, 1.807) is 18.2 Å². The molecule has 0 aromatic rings. The molecule has 0 aromatic carbocycles. The van der Waals surface area contributed by atoms with Crippen LogP contribution in [0.1, 0.15) is 6.92 Å². The lowest BCUT2D eigenvalue weighted by molar-refractivity contribution is -0.142. The SMILES string of the molecule is C=CC(C=CC)C(=O)OC. The fourth-order valence-corrected chi connectivity index (χ4v) is 0.597. The smallest absolute Gasteiger partial charge is 0.316 e. The largest absolute Gasteiger partial charge is 0.468 e. The Bertz CT molecular complexity index is 147. The van der Waals surface area contributed by atoms with Crippen LogP contribution in [-0.4, -0.2) is 13.1 Å². The van der Waals surface area contributed by atoms with E-state index < -0.39 is 0 Å². The third-order valence-electron chi connectivity index (χ3n) is 1.13. The number of carbonyl (C=O) groups excluding carboxylic acids is 1. The second-order valence-electron chi connectivity index (χ2n) is 1.81. The number of carbonyl (C=O) groups is 1. The summed E-state index contributed by atoms with van der Waals surface area (Å²) in [5, 5.41) is 0. The maximum Gasteiger partial charge on any atom is 0.316 e. The van der Waals surface area contributed by atoms with Gasteiger partial charge in [-0.1, -0.05) is 18.2 Å². The average molecular weight is 140 g/mol. The molecule has 0 spiro atoms. The van der Waals surface area contributed by atoms with Crippen molar-refractivity contribution in [3.8, 4) is 0 Å². The summed E-state index contributed by atoms with van der Waals surface area (Å²) in [6, 6.07) is 0. The van der Waals surface area contributed by atoms with Crippen LogP contribution in [0.5, 0.6) is 0 Å². The van der Waals surface area contributed by atoms with Gasteiger partial charge in [-0.05, 0) is 6.92 Å². The van der Waals surface area contributed by atoms with Gasteiger partial charge in [0.05, 0.1) is 13.0 Å². The number of rotatable bonds is 3. The van der Waals surface area contributed by atoms with Gasteiger partial charge in [0.1, 0.15) is 0 Å². The Balaban J connectivity index is 4.06. The van der Waals surface area contributed by atoms with E-state index in [0.29, 0.717) is 0 Å². The van der Waals surface area contributed by atoms with Crippen molar-refractivity contribution in [3.05, 3.63) is 24.8 Å². The van der Waals surface area contributed by atoms with Gasteiger partial charge in [0.2, 0.25) is 0 Å². The molecule has 56 valence electrons. The highest BCUT2D eigenvalue weighted by Gasteiger charge is 2.09. The number of allylic oxidation sites excluding steroid dienone is 1. The molecule has 2 heteroatoms. The standard InChI is InChI=1S/C8H12O2/c1-4-6-7(5-2)8(9)10-3/h4-7H,2H2,1,3H3. The van der Waals surface area contributed by atoms with Crippen molar-refractivity contribution in [2.75, 3.05) is 7.11 Å². The molecule has 0 aliphatic heterocycles. The van der Waals surface area contributed by atoms with Crippen molar-refractivity contribution in [3.63, 3.8) is 0 Å². The Hall–Kier alpha value is -1.05. The Kier molecular flexibility index (Phi) is 4.29.